The second-order valence-corrected chi connectivity index (χ2v) is 7.15. The monoisotopic (exact) mass is 391 g/mol. The predicted molar refractivity (Wildman–Crippen MR) is 99.7 cm³/mol. The van der Waals surface area contributed by atoms with Gasteiger partial charge in [0.1, 0.15) is 5.82 Å². The molecule has 0 spiro atoms. The van der Waals surface area contributed by atoms with Crippen LogP contribution in [0.1, 0.15) is 25.3 Å². The molecule has 2 heterocycles. The van der Waals surface area contributed by atoms with Gasteiger partial charge in [-0.25, -0.2) is 9.18 Å². The van der Waals surface area contributed by atoms with E-state index in [1.807, 2.05) is 0 Å². The molecule has 0 saturated carbocycles. The average Bonchev–Trinajstić information content (AvgIpc) is 2.69. The number of hydrogen-bond acceptors (Lipinski definition) is 4. The van der Waals surface area contributed by atoms with Crippen LogP contribution in [-0.2, 0) is 20.9 Å². The second-order valence-electron chi connectivity index (χ2n) is 7.15. The average molecular weight is 391 g/mol. The normalized spacial score (nSPS) is 20.3. The molecular formula is C20H26FN3O4. The first kappa shape index (κ1) is 20.1. The van der Waals surface area contributed by atoms with Crippen LogP contribution >= 0.6 is 0 Å². The van der Waals surface area contributed by atoms with E-state index in [9.17, 15) is 18.8 Å². The molecule has 1 aromatic carbocycles. The van der Waals surface area contributed by atoms with Crippen molar-refractivity contribution in [2.24, 2.45) is 5.92 Å². The highest BCUT2D eigenvalue weighted by molar-refractivity contribution is 5.84. The quantitative estimate of drug-likeness (QED) is 0.786. The Morgan fingerprint density at radius 1 is 1.18 bits per heavy atom. The van der Waals surface area contributed by atoms with Crippen molar-refractivity contribution in [3.05, 3.63) is 35.6 Å². The number of piperazine rings is 1. The number of ether oxygens (including phenoxy) is 1. The first-order chi connectivity index (χ1) is 13.5. The number of likely N-dealkylation sites (tertiary alicyclic amines) is 1. The smallest absolute Gasteiger partial charge is 0.409 e. The molecule has 0 bridgehead atoms. The van der Waals surface area contributed by atoms with Crippen LogP contribution in [0.25, 0.3) is 0 Å². The van der Waals surface area contributed by atoms with Gasteiger partial charge in [0.15, 0.2) is 0 Å². The van der Waals surface area contributed by atoms with E-state index in [1.165, 1.54) is 12.1 Å². The molecule has 1 aromatic rings. The third-order valence-corrected chi connectivity index (χ3v) is 5.23. The lowest BCUT2D eigenvalue weighted by Crippen LogP contribution is -2.54. The Bertz CT molecular complexity index is 734. The topological polar surface area (TPSA) is 70.2 Å². The Hall–Kier alpha value is -2.64. The van der Waals surface area contributed by atoms with Crippen LogP contribution in [0.5, 0.6) is 0 Å². The minimum Gasteiger partial charge on any atom is -0.450 e. The first-order valence-electron chi connectivity index (χ1n) is 9.70. The van der Waals surface area contributed by atoms with E-state index in [2.05, 4.69) is 0 Å². The highest BCUT2D eigenvalue weighted by atomic mass is 19.1. The Kier molecular flexibility index (Phi) is 6.49. The van der Waals surface area contributed by atoms with E-state index < -0.39 is 0 Å². The molecule has 3 amide bonds. The molecule has 0 aliphatic carbocycles. The Balaban J connectivity index is 1.55. The minimum absolute atomic E-state index is 0.0135. The largest absolute Gasteiger partial charge is 0.450 e. The predicted octanol–water partition coefficient (Wildman–Crippen LogP) is 1.86. The van der Waals surface area contributed by atoms with Crippen LogP contribution < -0.4 is 0 Å². The van der Waals surface area contributed by atoms with Crippen LogP contribution in [0.2, 0.25) is 0 Å². The summed E-state index contributed by atoms with van der Waals surface area (Å²) < 4.78 is 18.4. The third kappa shape index (κ3) is 4.79. The molecule has 0 radical (unpaired) electrons. The maximum absolute atomic E-state index is 13.4. The zero-order valence-corrected chi connectivity index (χ0v) is 16.1. The molecule has 2 fully saturated rings. The summed E-state index contributed by atoms with van der Waals surface area (Å²) in [6.07, 6.45) is 0.489. The van der Waals surface area contributed by atoms with Gasteiger partial charge in [0.05, 0.1) is 12.5 Å². The van der Waals surface area contributed by atoms with E-state index in [1.54, 1.807) is 33.8 Å². The number of carbonyl (C=O) groups excluding carboxylic acids is 3. The Morgan fingerprint density at radius 3 is 2.57 bits per heavy atom. The fourth-order valence-electron chi connectivity index (χ4n) is 3.71. The highest BCUT2D eigenvalue weighted by Crippen LogP contribution is 2.22. The number of benzene rings is 1. The maximum Gasteiger partial charge on any atom is 0.409 e. The van der Waals surface area contributed by atoms with Crippen LogP contribution in [0.15, 0.2) is 24.3 Å². The van der Waals surface area contributed by atoms with Gasteiger partial charge >= 0.3 is 6.09 Å². The number of halogens is 1. The van der Waals surface area contributed by atoms with E-state index in [0.717, 1.165) is 0 Å². The summed E-state index contributed by atoms with van der Waals surface area (Å²) in [5.41, 5.74) is 0.712. The zero-order chi connectivity index (χ0) is 20.1. The van der Waals surface area contributed by atoms with E-state index in [-0.39, 0.29) is 29.6 Å². The molecule has 1 atom stereocenters. The summed E-state index contributed by atoms with van der Waals surface area (Å²) in [5, 5.41) is 0. The molecule has 2 aliphatic heterocycles. The standard InChI is InChI=1S/C20H26FN3O4/c1-2-28-20(27)23-10-8-22(9-11-23)19(26)16-6-7-18(25)24(14-16)13-15-4-3-5-17(21)12-15/h3-5,12,16H,2,6-11,13-14H2,1H3/t16-/m0/s1. The molecule has 28 heavy (non-hydrogen) atoms. The number of carbonyl (C=O) groups is 3. The fraction of sp³-hybridized carbons (Fsp3) is 0.550. The van der Waals surface area contributed by atoms with Gasteiger partial charge in [0.2, 0.25) is 11.8 Å². The molecule has 8 heteroatoms. The summed E-state index contributed by atoms with van der Waals surface area (Å²) in [4.78, 5) is 41.9. The van der Waals surface area contributed by atoms with Gasteiger partial charge in [-0.3, -0.25) is 9.59 Å². The molecule has 152 valence electrons. The van der Waals surface area contributed by atoms with Crippen molar-refractivity contribution in [1.82, 2.24) is 14.7 Å². The first-order valence-corrected chi connectivity index (χ1v) is 9.70. The lowest BCUT2D eigenvalue weighted by atomic mass is 9.95. The molecule has 3 rings (SSSR count). The fourth-order valence-corrected chi connectivity index (χ4v) is 3.71. The van der Waals surface area contributed by atoms with Gasteiger partial charge in [-0.2, -0.15) is 0 Å². The van der Waals surface area contributed by atoms with Gasteiger partial charge < -0.3 is 19.4 Å². The van der Waals surface area contributed by atoms with Gasteiger partial charge in [-0.1, -0.05) is 12.1 Å². The summed E-state index contributed by atoms with van der Waals surface area (Å²) >= 11 is 0. The van der Waals surface area contributed by atoms with Crippen LogP contribution in [0.3, 0.4) is 0 Å². The van der Waals surface area contributed by atoms with E-state index in [4.69, 9.17) is 4.74 Å². The van der Waals surface area contributed by atoms with Crippen molar-refractivity contribution in [2.75, 3.05) is 39.3 Å². The minimum atomic E-state index is -0.348. The summed E-state index contributed by atoms with van der Waals surface area (Å²) in [6.45, 7) is 4.56. The van der Waals surface area contributed by atoms with Gasteiger partial charge in [-0.15, -0.1) is 0 Å². The summed E-state index contributed by atoms with van der Waals surface area (Å²) in [7, 11) is 0. The van der Waals surface area contributed by atoms with Crippen molar-refractivity contribution < 1.29 is 23.5 Å². The molecule has 2 saturated heterocycles. The van der Waals surface area contributed by atoms with Crippen LogP contribution in [0.4, 0.5) is 9.18 Å². The Labute approximate surface area is 164 Å². The lowest BCUT2D eigenvalue weighted by Gasteiger charge is -2.38. The van der Waals surface area contributed by atoms with Crippen molar-refractivity contribution in [3.63, 3.8) is 0 Å². The highest BCUT2D eigenvalue weighted by Gasteiger charge is 2.34. The number of amides is 3. The van der Waals surface area contributed by atoms with Crippen LogP contribution in [0, 0.1) is 11.7 Å². The molecule has 0 aromatic heterocycles. The number of piperidine rings is 1. The third-order valence-electron chi connectivity index (χ3n) is 5.23. The number of hydrogen-bond donors (Lipinski definition) is 0. The SMILES string of the molecule is CCOC(=O)N1CCN(C(=O)[C@H]2CCC(=O)N(Cc3cccc(F)c3)C2)CC1. The van der Waals surface area contributed by atoms with Crippen molar-refractivity contribution in [2.45, 2.75) is 26.3 Å². The maximum atomic E-state index is 13.4. The van der Waals surface area contributed by atoms with Gasteiger partial charge in [0.25, 0.3) is 0 Å². The van der Waals surface area contributed by atoms with E-state index in [0.29, 0.717) is 64.3 Å². The summed E-state index contributed by atoms with van der Waals surface area (Å²) in [5.74, 6) is -0.602. The molecule has 0 N–H and O–H groups in total. The molecule has 7 nitrogen and oxygen atoms in total. The molecule has 0 unspecified atom stereocenters. The molecular weight excluding hydrogens is 365 g/mol. The second kappa shape index (κ2) is 9.03. The van der Waals surface area contributed by atoms with E-state index >= 15 is 0 Å². The van der Waals surface area contributed by atoms with Crippen molar-refractivity contribution in [1.29, 1.82) is 0 Å². The van der Waals surface area contributed by atoms with Crippen molar-refractivity contribution >= 4 is 17.9 Å². The molecule has 2 aliphatic rings. The summed E-state index contributed by atoms with van der Waals surface area (Å²) in [6, 6.07) is 6.16. The van der Waals surface area contributed by atoms with Crippen LogP contribution in [-0.4, -0.2) is 71.9 Å². The number of nitrogens with zero attached hydrogens (tertiary/aromatic N) is 3. The lowest BCUT2D eigenvalue weighted by molar-refractivity contribution is -0.144. The van der Waals surface area contributed by atoms with Crippen molar-refractivity contribution in [3.8, 4) is 0 Å². The zero-order valence-electron chi connectivity index (χ0n) is 16.1. The van der Waals surface area contributed by atoms with Gasteiger partial charge in [-0.05, 0) is 31.0 Å². The number of rotatable bonds is 4. The van der Waals surface area contributed by atoms with Gasteiger partial charge in [0, 0.05) is 45.7 Å². The Morgan fingerprint density at radius 2 is 1.89 bits per heavy atom.